The van der Waals surface area contributed by atoms with Crippen LogP contribution in [0, 0.1) is 50.2 Å². The number of rotatable bonds is 1. The topological polar surface area (TPSA) is 115 Å². The van der Waals surface area contributed by atoms with E-state index in [0.717, 1.165) is 12.0 Å². The van der Waals surface area contributed by atoms with Gasteiger partial charge in [-0.3, -0.25) is 9.59 Å². The molecule has 0 bridgehead atoms. The number of carbonyl (C=O) groups is 2. The first-order valence-corrected chi connectivity index (χ1v) is 13.9. The van der Waals surface area contributed by atoms with Crippen molar-refractivity contribution < 1.29 is 30.0 Å². The largest absolute Gasteiger partial charge is 0.396 e. The average Bonchev–Trinajstić information content (AvgIpc) is 2.77. The zero-order valence-electron chi connectivity index (χ0n) is 23.1. The molecule has 0 aromatic rings. The van der Waals surface area contributed by atoms with Crippen molar-refractivity contribution in [1.82, 2.24) is 0 Å². The van der Waals surface area contributed by atoms with Gasteiger partial charge in [0.05, 0.1) is 24.9 Å². The van der Waals surface area contributed by atoms with Crippen molar-refractivity contribution in [2.24, 2.45) is 50.2 Å². The lowest BCUT2D eigenvalue weighted by molar-refractivity contribution is -0.258. The van der Waals surface area contributed by atoms with Gasteiger partial charge in [-0.15, -0.1) is 0 Å². The molecule has 202 valence electrons. The molecule has 0 spiro atoms. The van der Waals surface area contributed by atoms with Crippen molar-refractivity contribution >= 4 is 11.6 Å². The van der Waals surface area contributed by atoms with E-state index >= 15 is 0 Å². The molecule has 0 radical (unpaired) electrons. The quantitative estimate of drug-likeness (QED) is 0.437. The van der Waals surface area contributed by atoms with E-state index in [9.17, 15) is 30.0 Å². The monoisotopic (exact) mass is 502 g/mol. The molecule has 4 N–H and O–H groups in total. The highest BCUT2D eigenvalue weighted by Gasteiger charge is 2.75. The Labute approximate surface area is 215 Å². The van der Waals surface area contributed by atoms with Gasteiger partial charge in [-0.2, -0.15) is 0 Å². The Bertz CT molecular complexity index is 1030. The van der Waals surface area contributed by atoms with Crippen LogP contribution in [0.1, 0.15) is 87.0 Å². The summed E-state index contributed by atoms with van der Waals surface area (Å²) in [6.45, 7) is 13.9. The molecule has 5 aliphatic rings. The van der Waals surface area contributed by atoms with Crippen molar-refractivity contribution in [2.45, 2.75) is 105 Å². The molecule has 36 heavy (non-hydrogen) atoms. The van der Waals surface area contributed by atoms with E-state index in [1.165, 1.54) is 0 Å². The van der Waals surface area contributed by atoms with Crippen LogP contribution in [0.5, 0.6) is 0 Å². The van der Waals surface area contributed by atoms with Gasteiger partial charge in [0.25, 0.3) is 0 Å². The third-order valence-electron chi connectivity index (χ3n) is 12.8. The van der Waals surface area contributed by atoms with Crippen LogP contribution in [0.15, 0.2) is 11.6 Å². The van der Waals surface area contributed by atoms with Crippen LogP contribution in [0.2, 0.25) is 0 Å². The maximum atomic E-state index is 14.3. The Morgan fingerprint density at radius 3 is 2.17 bits per heavy atom. The summed E-state index contributed by atoms with van der Waals surface area (Å²) >= 11 is 0. The number of hydrogen-bond donors (Lipinski definition) is 4. The highest BCUT2D eigenvalue weighted by Crippen LogP contribution is 2.74. The lowest BCUT2D eigenvalue weighted by Crippen LogP contribution is -2.73. The van der Waals surface area contributed by atoms with Crippen molar-refractivity contribution in [3.63, 3.8) is 0 Å². The Balaban J connectivity index is 1.71. The van der Waals surface area contributed by atoms with Crippen LogP contribution >= 0.6 is 0 Å². The van der Waals surface area contributed by atoms with Crippen molar-refractivity contribution in [3.8, 4) is 0 Å². The molecule has 5 aliphatic carbocycles. The van der Waals surface area contributed by atoms with Crippen LogP contribution in [0.25, 0.3) is 0 Å². The smallest absolute Gasteiger partial charge is 0.159 e. The van der Waals surface area contributed by atoms with Crippen LogP contribution in [-0.4, -0.2) is 56.9 Å². The van der Waals surface area contributed by atoms with Gasteiger partial charge in [-0.25, -0.2) is 0 Å². The Kier molecular flexibility index (Phi) is 5.54. The van der Waals surface area contributed by atoms with Crippen LogP contribution < -0.4 is 0 Å². The normalized spacial score (nSPS) is 56.1. The van der Waals surface area contributed by atoms with Gasteiger partial charge in [-0.1, -0.05) is 54.0 Å². The average molecular weight is 503 g/mol. The maximum Gasteiger partial charge on any atom is 0.159 e. The van der Waals surface area contributed by atoms with Gasteiger partial charge in [0, 0.05) is 34.0 Å². The molecule has 5 rings (SSSR count). The SMILES string of the molecule is CC1(C)CC(=O)[C@]2(C)C[C@H](O)[C@]3(C)C(=CC(=O)[C@@H]4[C@@]5(C)CC[C@H](O)[C@](C)(CO)[C@@H]5C[C@H](O)[C@]43C)[C@@H]2C1. The third-order valence-corrected chi connectivity index (χ3v) is 12.8. The molecule has 0 aromatic heterocycles. The molecule has 0 unspecified atom stereocenters. The predicted octanol–water partition coefficient (Wildman–Crippen LogP) is 3.44. The summed E-state index contributed by atoms with van der Waals surface area (Å²) < 4.78 is 0. The molecule has 4 fully saturated rings. The second kappa shape index (κ2) is 7.52. The number of aliphatic hydroxyl groups is 4. The predicted molar refractivity (Wildman–Crippen MR) is 136 cm³/mol. The second-order valence-electron chi connectivity index (χ2n) is 15.1. The van der Waals surface area contributed by atoms with Gasteiger partial charge in [0.2, 0.25) is 0 Å². The van der Waals surface area contributed by atoms with E-state index < -0.39 is 51.3 Å². The number of allylic oxidation sites excluding steroid dienone is 1. The number of ketones is 2. The van der Waals surface area contributed by atoms with Gasteiger partial charge in [-0.05, 0) is 60.8 Å². The minimum atomic E-state index is -0.941. The van der Waals surface area contributed by atoms with Crippen molar-refractivity contribution in [1.29, 1.82) is 0 Å². The molecule has 6 heteroatoms. The molecule has 11 atom stereocenters. The lowest BCUT2D eigenvalue weighted by atomic mass is 9.32. The van der Waals surface area contributed by atoms with E-state index in [-0.39, 0.29) is 35.4 Å². The Morgan fingerprint density at radius 2 is 1.56 bits per heavy atom. The Morgan fingerprint density at radius 1 is 0.917 bits per heavy atom. The summed E-state index contributed by atoms with van der Waals surface area (Å²) in [7, 11) is 0. The first kappa shape index (κ1) is 26.5. The summed E-state index contributed by atoms with van der Waals surface area (Å²) in [5.41, 5.74) is -3.25. The molecule has 0 aromatic carbocycles. The minimum Gasteiger partial charge on any atom is -0.396 e. The highest BCUT2D eigenvalue weighted by atomic mass is 16.3. The molecule has 0 saturated heterocycles. The van der Waals surface area contributed by atoms with Crippen molar-refractivity contribution in [2.75, 3.05) is 6.61 Å². The molecular formula is C30H46O6. The molecule has 0 aliphatic heterocycles. The minimum absolute atomic E-state index is 0.0415. The van der Waals surface area contributed by atoms with E-state index in [4.69, 9.17) is 0 Å². The first-order valence-electron chi connectivity index (χ1n) is 13.9. The molecule has 0 amide bonds. The van der Waals surface area contributed by atoms with E-state index in [2.05, 4.69) is 20.8 Å². The molecule has 6 nitrogen and oxygen atoms in total. The molecule has 0 heterocycles. The molecular weight excluding hydrogens is 456 g/mol. The van der Waals surface area contributed by atoms with Gasteiger partial charge < -0.3 is 20.4 Å². The van der Waals surface area contributed by atoms with Gasteiger partial charge >= 0.3 is 0 Å². The number of carbonyl (C=O) groups excluding carboxylic acids is 2. The van der Waals surface area contributed by atoms with Crippen LogP contribution in [-0.2, 0) is 9.59 Å². The van der Waals surface area contributed by atoms with Crippen LogP contribution in [0.4, 0.5) is 0 Å². The third kappa shape index (κ3) is 2.88. The summed E-state index contributed by atoms with van der Waals surface area (Å²) in [6.07, 6.45) is 2.29. The van der Waals surface area contributed by atoms with E-state index in [0.29, 0.717) is 32.1 Å². The van der Waals surface area contributed by atoms with Crippen molar-refractivity contribution in [3.05, 3.63) is 11.6 Å². The molecule has 4 saturated carbocycles. The zero-order chi connectivity index (χ0) is 26.9. The second-order valence-corrected chi connectivity index (χ2v) is 15.1. The number of aliphatic hydroxyl groups excluding tert-OH is 4. The Hall–Kier alpha value is -1.08. The maximum absolute atomic E-state index is 14.3. The van der Waals surface area contributed by atoms with E-state index in [1.54, 1.807) is 6.08 Å². The first-order chi connectivity index (χ1) is 16.4. The van der Waals surface area contributed by atoms with Gasteiger partial charge in [0.15, 0.2) is 5.78 Å². The summed E-state index contributed by atoms with van der Waals surface area (Å²) in [6, 6.07) is 0. The highest BCUT2D eigenvalue weighted by molar-refractivity contribution is 5.96. The van der Waals surface area contributed by atoms with Crippen LogP contribution in [0.3, 0.4) is 0 Å². The summed E-state index contributed by atoms with van der Waals surface area (Å²) in [5.74, 6) is -0.841. The standard InChI is InChI=1S/C30H46O6/c1-25(2)12-17-16-10-18(32)24-26(3)9-8-20(33)28(5,15-31)19(26)11-21(34)30(24,7)29(16,6)23(36)14-27(17,4)22(35)13-25/h10,17,19-21,23-24,31,33-34,36H,8-9,11-15H2,1-7H3/t17-,19+,20-,21-,23-,24+,26-,27+,28+,29-,30+/m0/s1. The summed E-state index contributed by atoms with van der Waals surface area (Å²) in [5, 5.41) is 45.1. The summed E-state index contributed by atoms with van der Waals surface area (Å²) in [4.78, 5) is 27.7. The fraction of sp³-hybridized carbons (Fsp3) is 0.867. The fourth-order valence-corrected chi connectivity index (χ4v) is 10.4. The fourth-order valence-electron chi connectivity index (χ4n) is 10.4. The zero-order valence-corrected chi connectivity index (χ0v) is 23.1. The number of fused-ring (bicyclic) bond motifs is 7. The number of Topliss-reactive ketones (excluding diaryl/α,β-unsaturated/α-hetero) is 1. The van der Waals surface area contributed by atoms with Gasteiger partial charge in [0.1, 0.15) is 5.78 Å². The number of hydrogen-bond acceptors (Lipinski definition) is 6. The van der Waals surface area contributed by atoms with E-state index in [1.807, 2.05) is 27.7 Å². The lowest BCUT2D eigenvalue weighted by Gasteiger charge is -2.72.